The molecule has 2 rings (SSSR count). The van der Waals surface area contributed by atoms with E-state index in [4.69, 9.17) is 18.9 Å². The molecule has 1 aromatic rings. The Hall–Kier alpha value is -1.72. The first-order valence-corrected chi connectivity index (χ1v) is 9.93. The van der Waals surface area contributed by atoms with Gasteiger partial charge in [-0.15, -0.1) is 0 Å². The molecular weight excluding hydrogens is 376 g/mol. The average molecular weight is 402 g/mol. The van der Waals surface area contributed by atoms with E-state index in [1.54, 1.807) is 12.1 Å². The smallest absolute Gasteiger partial charge is 0.246 e. The minimum Gasteiger partial charge on any atom is -0.495 e. The van der Waals surface area contributed by atoms with E-state index in [0.717, 1.165) is 0 Å². The fourth-order valence-corrected chi connectivity index (χ4v) is 4.28. The molecule has 1 saturated heterocycles. The monoisotopic (exact) mass is 402 g/mol. The Morgan fingerprint density at radius 2 is 1.89 bits per heavy atom. The van der Waals surface area contributed by atoms with Crippen LogP contribution >= 0.6 is 0 Å². The van der Waals surface area contributed by atoms with Gasteiger partial charge in [-0.2, -0.15) is 4.31 Å². The molecule has 0 atom stereocenters. The molecule has 1 amide bonds. The molecule has 10 heteroatoms. The lowest BCUT2D eigenvalue weighted by Crippen LogP contribution is -2.40. The Morgan fingerprint density at radius 3 is 2.48 bits per heavy atom. The zero-order valence-electron chi connectivity index (χ0n) is 15.8. The molecule has 9 nitrogen and oxygen atoms in total. The molecular formula is C17H26N2O7S. The molecule has 0 radical (unpaired) electrons. The highest BCUT2D eigenvalue weighted by atomic mass is 32.2. The molecule has 0 spiro atoms. The first-order valence-electron chi connectivity index (χ1n) is 8.49. The number of rotatable bonds is 9. The van der Waals surface area contributed by atoms with E-state index < -0.39 is 16.3 Å². The summed E-state index contributed by atoms with van der Waals surface area (Å²) in [5.74, 6) is -0.0292. The van der Waals surface area contributed by atoms with Crippen molar-refractivity contribution in [2.45, 2.75) is 17.6 Å². The minimum atomic E-state index is -3.74. The van der Waals surface area contributed by atoms with Crippen molar-refractivity contribution >= 4 is 15.9 Å². The maximum absolute atomic E-state index is 13.0. The lowest BCUT2D eigenvalue weighted by molar-refractivity contribution is -0.126. The summed E-state index contributed by atoms with van der Waals surface area (Å²) in [5.41, 5.74) is 0.562. The van der Waals surface area contributed by atoms with Crippen LogP contribution in [0.25, 0.3) is 0 Å². The number of ether oxygens (including phenoxy) is 4. The quantitative estimate of drug-likeness (QED) is 0.580. The highest BCUT2D eigenvalue weighted by Crippen LogP contribution is 2.28. The third-order valence-electron chi connectivity index (χ3n) is 4.17. The summed E-state index contributed by atoms with van der Waals surface area (Å²) < 4.78 is 47.7. The van der Waals surface area contributed by atoms with Crippen molar-refractivity contribution in [2.24, 2.45) is 0 Å². The molecule has 0 unspecified atom stereocenters. The van der Waals surface area contributed by atoms with Gasteiger partial charge in [0.15, 0.2) is 6.29 Å². The molecule has 1 N–H and O–H groups in total. The maximum Gasteiger partial charge on any atom is 0.246 e. The van der Waals surface area contributed by atoms with Crippen LogP contribution in [-0.4, -0.2) is 79.1 Å². The standard InChI is InChI=1S/C17H26N2O7S/c1-23-14-5-4-13(11-16(20)18-12-17(24-2)25-3)10-15(14)27(21,22)19-6-8-26-9-7-19/h4-5,10,17H,6-9,11-12H2,1-3H3,(H,18,20). The van der Waals surface area contributed by atoms with Crippen LogP contribution in [0.2, 0.25) is 0 Å². The third-order valence-corrected chi connectivity index (χ3v) is 6.09. The van der Waals surface area contributed by atoms with Crippen LogP contribution in [0.15, 0.2) is 23.1 Å². The first-order chi connectivity index (χ1) is 12.9. The maximum atomic E-state index is 13.0. The van der Waals surface area contributed by atoms with Gasteiger partial charge in [-0.1, -0.05) is 6.07 Å². The fraction of sp³-hybridized carbons (Fsp3) is 0.588. The Labute approximate surface area is 159 Å². The van der Waals surface area contributed by atoms with Crippen molar-refractivity contribution in [3.63, 3.8) is 0 Å². The number of morpholine rings is 1. The van der Waals surface area contributed by atoms with E-state index in [1.165, 1.54) is 31.7 Å². The van der Waals surface area contributed by atoms with Crippen LogP contribution < -0.4 is 10.1 Å². The van der Waals surface area contributed by atoms with Crippen molar-refractivity contribution < 1.29 is 32.2 Å². The molecule has 0 saturated carbocycles. The van der Waals surface area contributed by atoms with Gasteiger partial charge in [0, 0.05) is 27.3 Å². The highest BCUT2D eigenvalue weighted by Gasteiger charge is 2.29. The summed E-state index contributed by atoms with van der Waals surface area (Å²) in [6.07, 6.45) is -0.516. The average Bonchev–Trinajstić information content (AvgIpc) is 2.69. The van der Waals surface area contributed by atoms with Gasteiger partial charge in [0.25, 0.3) is 0 Å². The highest BCUT2D eigenvalue weighted by molar-refractivity contribution is 7.89. The van der Waals surface area contributed by atoms with E-state index in [1.807, 2.05) is 0 Å². The van der Waals surface area contributed by atoms with E-state index in [-0.39, 0.29) is 42.6 Å². The molecule has 27 heavy (non-hydrogen) atoms. The first kappa shape index (κ1) is 21.6. The van der Waals surface area contributed by atoms with Crippen molar-refractivity contribution in [1.29, 1.82) is 0 Å². The molecule has 1 aliphatic rings. The van der Waals surface area contributed by atoms with Crippen LogP contribution in [0.3, 0.4) is 0 Å². The number of methoxy groups -OCH3 is 3. The summed E-state index contributed by atoms with van der Waals surface area (Å²) in [4.78, 5) is 12.2. The molecule has 0 bridgehead atoms. The third kappa shape index (κ3) is 5.63. The van der Waals surface area contributed by atoms with Crippen LogP contribution in [0, 0.1) is 0 Å². The predicted molar refractivity (Wildman–Crippen MR) is 97.1 cm³/mol. The van der Waals surface area contributed by atoms with E-state index >= 15 is 0 Å². The van der Waals surface area contributed by atoms with E-state index in [9.17, 15) is 13.2 Å². The zero-order valence-corrected chi connectivity index (χ0v) is 16.6. The van der Waals surface area contributed by atoms with Gasteiger partial charge in [-0.25, -0.2) is 8.42 Å². The van der Waals surface area contributed by atoms with Crippen LogP contribution in [0.4, 0.5) is 0 Å². The van der Waals surface area contributed by atoms with Gasteiger partial charge in [-0.05, 0) is 17.7 Å². The van der Waals surface area contributed by atoms with Gasteiger partial charge in [-0.3, -0.25) is 4.79 Å². The number of sulfonamides is 1. The summed E-state index contributed by atoms with van der Waals surface area (Å²) in [7, 11) is 0.630. The topological polar surface area (TPSA) is 103 Å². The Kier molecular flexibility index (Phi) is 7.99. The molecule has 152 valence electrons. The Morgan fingerprint density at radius 1 is 1.22 bits per heavy atom. The molecule has 1 fully saturated rings. The number of hydrogen-bond acceptors (Lipinski definition) is 7. The van der Waals surface area contributed by atoms with E-state index in [0.29, 0.717) is 18.8 Å². The molecule has 0 aromatic heterocycles. The number of carbonyl (C=O) groups excluding carboxylic acids is 1. The normalized spacial score (nSPS) is 15.7. The van der Waals surface area contributed by atoms with Gasteiger partial charge < -0.3 is 24.3 Å². The zero-order chi connectivity index (χ0) is 19.9. The summed E-state index contributed by atoms with van der Waals surface area (Å²) in [5, 5.41) is 2.69. The molecule has 0 aliphatic carbocycles. The Bertz CT molecular complexity index is 729. The van der Waals surface area contributed by atoms with Gasteiger partial charge in [0.2, 0.25) is 15.9 Å². The number of hydrogen-bond donors (Lipinski definition) is 1. The number of benzene rings is 1. The second kappa shape index (κ2) is 10.00. The number of nitrogens with one attached hydrogen (secondary N) is 1. The fourth-order valence-electron chi connectivity index (χ4n) is 2.67. The summed E-state index contributed by atoms with van der Waals surface area (Å²) >= 11 is 0. The molecule has 1 aliphatic heterocycles. The van der Waals surface area contributed by atoms with Crippen LogP contribution in [0.5, 0.6) is 5.75 Å². The van der Waals surface area contributed by atoms with Crippen LogP contribution in [0.1, 0.15) is 5.56 Å². The summed E-state index contributed by atoms with van der Waals surface area (Å²) in [6, 6.07) is 4.71. The van der Waals surface area contributed by atoms with E-state index in [2.05, 4.69) is 5.32 Å². The second-order valence-electron chi connectivity index (χ2n) is 5.88. The SMILES string of the molecule is COc1ccc(CC(=O)NCC(OC)OC)cc1S(=O)(=O)N1CCOCC1. The number of nitrogens with zero attached hydrogens (tertiary/aromatic N) is 1. The van der Waals surface area contributed by atoms with Crippen LogP contribution in [-0.2, 0) is 35.4 Å². The minimum absolute atomic E-state index is 0.0236. The lowest BCUT2D eigenvalue weighted by atomic mass is 10.1. The second-order valence-corrected chi connectivity index (χ2v) is 7.79. The van der Waals surface area contributed by atoms with Crippen molar-refractivity contribution in [2.75, 3.05) is 54.2 Å². The molecule has 1 aromatic carbocycles. The van der Waals surface area contributed by atoms with Gasteiger partial charge in [0.05, 0.1) is 33.3 Å². The number of carbonyl (C=O) groups is 1. The largest absolute Gasteiger partial charge is 0.495 e. The van der Waals surface area contributed by atoms with Crippen molar-refractivity contribution in [3.05, 3.63) is 23.8 Å². The van der Waals surface area contributed by atoms with Crippen molar-refractivity contribution in [3.8, 4) is 5.75 Å². The lowest BCUT2D eigenvalue weighted by Gasteiger charge is -2.26. The Balaban J connectivity index is 2.16. The van der Waals surface area contributed by atoms with Gasteiger partial charge in [0.1, 0.15) is 10.6 Å². The van der Waals surface area contributed by atoms with Gasteiger partial charge >= 0.3 is 0 Å². The molecule has 1 heterocycles. The summed E-state index contributed by atoms with van der Waals surface area (Å²) in [6.45, 7) is 1.46. The van der Waals surface area contributed by atoms with Crippen molar-refractivity contribution in [1.82, 2.24) is 9.62 Å². The number of amides is 1. The predicted octanol–water partition coefficient (Wildman–Crippen LogP) is -0.00630.